The first kappa shape index (κ1) is 14.0. The number of amides is 1. The first-order valence-electron chi connectivity index (χ1n) is 6.10. The molecule has 20 heavy (non-hydrogen) atoms. The van der Waals surface area contributed by atoms with Crippen LogP contribution in [0.1, 0.15) is 20.3 Å². The van der Waals surface area contributed by atoms with Gasteiger partial charge in [-0.3, -0.25) is 24.6 Å². The smallest absolute Gasteiger partial charge is 0.272 e. The van der Waals surface area contributed by atoms with Gasteiger partial charge in [0, 0.05) is 12.0 Å². The number of hydrogen-bond donors (Lipinski definition) is 4. The van der Waals surface area contributed by atoms with E-state index in [0.717, 1.165) is 0 Å². The van der Waals surface area contributed by atoms with Crippen molar-refractivity contribution in [1.82, 2.24) is 10.2 Å². The molecule has 0 aliphatic heterocycles. The molecule has 0 fully saturated rings. The zero-order valence-electron chi connectivity index (χ0n) is 11.2. The molecular formula is C13H16N4O3. The van der Waals surface area contributed by atoms with Crippen LogP contribution in [0.4, 0.5) is 5.69 Å². The molecule has 0 atom stereocenters. The van der Waals surface area contributed by atoms with Crippen LogP contribution < -0.4 is 22.2 Å². The van der Waals surface area contributed by atoms with Crippen LogP contribution >= 0.6 is 0 Å². The van der Waals surface area contributed by atoms with Gasteiger partial charge in [0.15, 0.2) is 0 Å². The van der Waals surface area contributed by atoms with Gasteiger partial charge in [-0.05, 0) is 26.0 Å². The Hall–Kier alpha value is -2.41. The first-order valence-corrected chi connectivity index (χ1v) is 6.10. The summed E-state index contributed by atoms with van der Waals surface area (Å²) in [5.74, 6) is -0.315. The largest absolute Gasteiger partial charge is 0.325 e. The summed E-state index contributed by atoms with van der Waals surface area (Å²) in [5, 5.41) is 7.46. The molecule has 1 amide bonds. The summed E-state index contributed by atoms with van der Waals surface area (Å²) >= 11 is 0. The second-order valence-electron chi connectivity index (χ2n) is 5.35. The highest BCUT2D eigenvalue weighted by Crippen LogP contribution is 2.17. The second kappa shape index (κ2) is 4.93. The van der Waals surface area contributed by atoms with Crippen LogP contribution in [-0.2, 0) is 4.79 Å². The third-order valence-corrected chi connectivity index (χ3v) is 2.72. The van der Waals surface area contributed by atoms with E-state index in [4.69, 9.17) is 5.73 Å². The van der Waals surface area contributed by atoms with Crippen molar-refractivity contribution in [3.63, 3.8) is 0 Å². The van der Waals surface area contributed by atoms with E-state index < -0.39 is 16.7 Å². The molecule has 0 radical (unpaired) electrons. The molecule has 0 spiro atoms. The molecule has 2 aromatic rings. The molecule has 0 unspecified atom stereocenters. The van der Waals surface area contributed by atoms with Crippen molar-refractivity contribution >= 4 is 22.4 Å². The topological polar surface area (TPSA) is 121 Å². The normalized spacial score (nSPS) is 11.6. The Morgan fingerprint density at radius 1 is 1.25 bits per heavy atom. The Morgan fingerprint density at radius 2 is 1.90 bits per heavy atom. The molecule has 1 aromatic carbocycles. The van der Waals surface area contributed by atoms with Crippen molar-refractivity contribution in [2.45, 2.75) is 25.8 Å². The number of nitrogens with one attached hydrogen (secondary N) is 3. The number of benzene rings is 1. The van der Waals surface area contributed by atoms with Gasteiger partial charge in [-0.25, -0.2) is 0 Å². The van der Waals surface area contributed by atoms with E-state index in [-0.39, 0.29) is 23.1 Å². The predicted molar refractivity (Wildman–Crippen MR) is 76.7 cm³/mol. The quantitative estimate of drug-likeness (QED) is 0.643. The SMILES string of the molecule is CC(C)(N)CC(=O)Nc1cccc2c(=O)[nH][nH]c(=O)c12. The Morgan fingerprint density at radius 3 is 2.55 bits per heavy atom. The summed E-state index contributed by atoms with van der Waals surface area (Å²) in [6.45, 7) is 3.46. The van der Waals surface area contributed by atoms with Gasteiger partial charge in [-0.15, -0.1) is 0 Å². The molecule has 0 aliphatic rings. The molecule has 0 bridgehead atoms. The minimum Gasteiger partial charge on any atom is -0.325 e. The van der Waals surface area contributed by atoms with Crippen LogP contribution in [0.3, 0.4) is 0 Å². The van der Waals surface area contributed by atoms with Gasteiger partial charge in [0.2, 0.25) is 5.91 Å². The van der Waals surface area contributed by atoms with Gasteiger partial charge in [0.25, 0.3) is 11.1 Å². The van der Waals surface area contributed by atoms with Crippen LogP contribution in [0.2, 0.25) is 0 Å². The Bertz CT molecular complexity index is 768. The highest BCUT2D eigenvalue weighted by molar-refractivity contribution is 6.01. The summed E-state index contributed by atoms with van der Waals surface area (Å²) < 4.78 is 0. The fourth-order valence-corrected chi connectivity index (χ4v) is 1.94. The monoisotopic (exact) mass is 276 g/mol. The fourth-order valence-electron chi connectivity index (χ4n) is 1.94. The summed E-state index contributed by atoms with van der Waals surface area (Å²) in [7, 11) is 0. The fraction of sp³-hybridized carbons (Fsp3) is 0.308. The Kier molecular flexibility index (Phi) is 3.46. The lowest BCUT2D eigenvalue weighted by atomic mass is 10.0. The number of aromatic amines is 2. The molecule has 5 N–H and O–H groups in total. The lowest BCUT2D eigenvalue weighted by Crippen LogP contribution is -2.36. The predicted octanol–water partition coefficient (Wildman–Crippen LogP) is 0.282. The molecule has 1 heterocycles. The van der Waals surface area contributed by atoms with E-state index in [1.807, 2.05) is 0 Å². The Labute approximate surface area is 114 Å². The molecule has 0 aliphatic carbocycles. The number of H-pyrrole nitrogens is 2. The van der Waals surface area contributed by atoms with Crippen LogP contribution in [-0.4, -0.2) is 21.6 Å². The number of aromatic nitrogens is 2. The minimum atomic E-state index is -0.654. The van der Waals surface area contributed by atoms with E-state index in [1.54, 1.807) is 26.0 Å². The molecule has 7 nitrogen and oxygen atoms in total. The molecule has 7 heteroatoms. The van der Waals surface area contributed by atoms with E-state index >= 15 is 0 Å². The third kappa shape index (κ3) is 2.94. The molecule has 1 aromatic heterocycles. The van der Waals surface area contributed by atoms with Gasteiger partial charge in [-0.2, -0.15) is 0 Å². The molecule has 2 rings (SSSR count). The van der Waals surface area contributed by atoms with Crippen LogP contribution in [0.5, 0.6) is 0 Å². The van der Waals surface area contributed by atoms with E-state index in [2.05, 4.69) is 15.5 Å². The van der Waals surface area contributed by atoms with Crippen molar-refractivity contribution in [3.8, 4) is 0 Å². The lowest BCUT2D eigenvalue weighted by molar-refractivity contribution is -0.117. The maximum Gasteiger partial charge on any atom is 0.272 e. The number of fused-ring (bicyclic) bond motifs is 1. The number of anilines is 1. The average molecular weight is 276 g/mol. The number of rotatable bonds is 3. The lowest BCUT2D eigenvalue weighted by Gasteiger charge is -2.17. The van der Waals surface area contributed by atoms with E-state index in [0.29, 0.717) is 5.69 Å². The van der Waals surface area contributed by atoms with Crippen molar-refractivity contribution in [1.29, 1.82) is 0 Å². The van der Waals surface area contributed by atoms with Crippen molar-refractivity contribution in [2.75, 3.05) is 5.32 Å². The van der Waals surface area contributed by atoms with Crippen LogP contribution in [0.15, 0.2) is 27.8 Å². The molecular weight excluding hydrogens is 260 g/mol. The number of hydrogen-bond acceptors (Lipinski definition) is 4. The summed E-state index contributed by atoms with van der Waals surface area (Å²) in [6.07, 6.45) is 0.102. The van der Waals surface area contributed by atoms with Gasteiger partial charge in [0.1, 0.15) is 0 Å². The summed E-state index contributed by atoms with van der Waals surface area (Å²) in [6, 6.07) is 4.69. The van der Waals surface area contributed by atoms with Crippen molar-refractivity contribution in [2.24, 2.45) is 5.73 Å². The van der Waals surface area contributed by atoms with Gasteiger partial charge >= 0.3 is 0 Å². The first-order chi connectivity index (χ1) is 9.28. The number of carbonyl (C=O) groups excluding carboxylic acids is 1. The van der Waals surface area contributed by atoms with E-state index in [1.165, 1.54) is 6.07 Å². The van der Waals surface area contributed by atoms with Gasteiger partial charge < -0.3 is 11.1 Å². The number of nitrogens with two attached hydrogens (primary N) is 1. The van der Waals surface area contributed by atoms with Gasteiger partial charge in [-0.1, -0.05) is 6.07 Å². The maximum absolute atomic E-state index is 11.9. The van der Waals surface area contributed by atoms with Crippen LogP contribution in [0.25, 0.3) is 10.8 Å². The highest BCUT2D eigenvalue weighted by atomic mass is 16.2. The standard InChI is InChI=1S/C13H16N4O3/c1-13(2,14)6-9(18)15-8-5-3-4-7-10(8)12(20)17-16-11(7)19/h3-5H,6,14H2,1-2H3,(H,15,18)(H,16,19)(H,17,20). The van der Waals surface area contributed by atoms with Crippen molar-refractivity contribution < 1.29 is 4.79 Å². The second-order valence-corrected chi connectivity index (χ2v) is 5.35. The zero-order chi connectivity index (χ0) is 14.9. The summed E-state index contributed by atoms with van der Waals surface area (Å²) in [5.41, 5.74) is 4.52. The molecule has 106 valence electrons. The van der Waals surface area contributed by atoms with Crippen LogP contribution in [0, 0.1) is 0 Å². The van der Waals surface area contributed by atoms with Crippen molar-refractivity contribution in [3.05, 3.63) is 38.9 Å². The van der Waals surface area contributed by atoms with Gasteiger partial charge in [0.05, 0.1) is 16.5 Å². The third-order valence-electron chi connectivity index (χ3n) is 2.72. The highest BCUT2D eigenvalue weighted by Gasteiger charge is 2.17. The summed E-state index contributed by atoms with van der Waals surface area (Å²) in [4.78, 5) is 35.3. The molecule has 0 saturated carbocycles. The average Bonchev–Trinajstić information content (AvgIpc) is 2.31. The minimum absolute atomic E-state index is 0.102. The Balaban J connectivity index is 2.46. The number of carbonyl (C=O) groups is 1. The maximum atomic E-state index is 11.9. The molecule has 0 saturated heterocycles. The van der Waals surface area contributed by atoms with E-state index in [9.17, 15) is 14.4 Å². The zero-order valence-corrected chi connectivity index (χ0v) is 11.2.